The predicted octanol–water partition coefficient (Wildman–Crippen LogP) is 2.94. The molecule has 74 valence electrons. The Hall–Kier alpha value is -1.24. The van der Waals surface area contributed by atoms with E-state index < -0.39 is 0 Å². The molecule has 2 aliphatic rings. The van der Waals surface area contributed by atoms with Gasteiger partial charge in [0.25, 0.3) is 0 Å². The molecule has 1 heterocycles. The van der Waals surface area contributed by atoms with Crippen LogP contribution < -0.4 is 5.32 Å². The van der Waals surface area contributed by atoms with E-state index >= 15 is 0 Å². The Morgan fingerprint density at radius 3 is 2.64 bits per heavy atom. The van der Waals surface area contributed by atoms with Crippen molar-refractivity contribution in [2.24, 2.45) is 5.92 Å². The van der Waals surface area contributed by atoms with E-state index in [-0.39, 0.29) is 5.54 Å². The Morgan fingerprint density at radius 1 is 1.29 bits per heavy atom. The quantitative estimate of drug-likeness (QED) is 0.615. The van der Waals surface area contributed by atoms with Gasteiger partial charge in [0.1, 0.15) is 0 Å². The zero-order valence-corrected chi connectivity index (χ0v) is 9.09. The molecule has 0 amide bonds. The second-order valence-electron chi connectivity index (χ2n) is 4.63. The Labute approximate surface area is 85.9 Å². The van der Waals surface area contributed by atoms with Crippen LogP contribution in [0.4, 0.5) is 0 Å². The molecule has 0 aromatic rings. The molecule has 0 aromatic carbocycles. The fourth-order valence-corrected chi connectivity index (χ4v) is 2.06. The van der Waals surface area contributed by atoms with Crippen LogP contribution in [0.25, 0.3) is 0 Å². The van der Waals surface area contributed by atoms with Crippen LogP contribution in [0.1, 0.15) is 20.8 Å². The molecule has 0 saturated carbocycles. The summed E-state index contributed by atoms with van der Waals surface area (Å²) in [6, 6.07) is 0. The predicted molar refractivity (Wildman–Crippen MR) is 60.8 cm³/mol. The highest BCUT2D eigenvalue weighted by atomic mass is 15.0. The minimum Gasteiger partial charge on any atom is -0.376 e. The maximum absolute atomic E-state index is 4.05. The SMILES string of the molecule is C=C1NC(C)(C)C2=C1C=CC(C)C=C2. The maximum atomic E-state index is 4.05. The fourth-order valence-electron chi connectivity index (χ4n) is 2.06. The van der Waals surface area contributed by atoms with Gasteiger partial charge in [-0.1, -0.05) is 37.8 Å². The average molecular weight is 187 g/mol. The summed E-state index contributed by atoms with van der Waals surface area (Å²) >= 11 is 0. The molecule has 0 bridgehead atoms. The highest BCUT2D eigenvalue weighted by Crippen LogP contribution is 2.34. The summed E-state index contributed by atoms with van der Waals surface area (Å²) in [7, 11) is 0. The summed E-state index contributed by atoms with van der Waals surface area (Å²) in [6.07, 6.45) is 8.86. The number of hydrogen-bond donors (Lipinski definition) is 1. The van der Waals surface area contributed by atoms with Crippen molar-refractivity contribution in [3.8, 4) is 0 Å². The number of hydrogen-bond acceptors (Lipinski definition) is 1. The van der Waals surface area contributed by atoms with Crippen LogP contribution in [0.2, 0.25) is 0 Å². The molecule has 0 spiro atoms. The van der Waals surface area contributed by atoms with Gasteiger partial charge in [0.05, 0.1) is 5.54 Å². The van der Waals surface area contributed by atoms with Crippen molar-refractivity contribution < 1.29 is 0 Å². The minimum atomic E-state index is 0.0251. The Balaban J connectivity index is 2.51. The van der Waals surface area contributed by atoms with Crippen LogP contribution in [0.3, 0.4) is 0 Å². The molecule has 0 fully saturated rings. The third-order valence-electron chi connectivity index (χ3n) is 2.88. The van der Waals surface area contributed by atoms with Crippen molar-refractivity contribution in [3.63, 3.8) is 0 Å². The van der Waals surface area contributed by atoms with Crippen molar-refractivity contribution in [3.05, 3.63) is 47.7 Å². The Kier molecular flexibility index (Phi) is 1.91. The first-order valence-corrected chi connectivity index (χ1v) is 5.09. The van der Waals surface area contributed by atoms with E-state index in [9.17, 15) is 0 Å². The van der Waals surface area contributed by atoms with Gasteiger partial charge in [0, 0.05) is 11.3 Å². The lowest BCUT2D eigenvalue weighted by Gasteiger charge is -2.21. The monoisotopic (exact) mass is 187 g/mol. The molecular weight excluding hydrogens is 170 g/mol. The first-order valence-electron chi connectivity index (χ1n) is 5.09. The van der Waals surface area contributed by atoms with E-state index in [1.165, 1.54) is 11.1 Å². The largest absolute Gasteiger partial charge is 0.376 e. The van der Waals surface area contributed by atoms with Gasteiger partial charge >= 0.3 is 0 Å². The molecule has 2 rings (SSSR count). The molecule has 1 aliphatic heterocycles. The molecule has 0 saturated heterocycles. The van der Waals surface area contributed by atoms with Gasteiger partial charge in [-0.3, -0.25) is 0 Å². The van der Waals surface area contributed by atoms with Crippen LogP contribution in [-0.2, 0) is 0 Å². The normalized spacial score (nSPS) is 28.8. The summed E-state index contributed by atoms with van der Waals surface area (Å²) in [5.41, 5.74) is 3.68. The van der Waals surface area contributed by atoms with E-state index in [1.54, 1.807) is 0 Å². The van der Waals surface area contributed by atoms with Gasteiger partial charge in [-0.05, 0) is 25.3 Å². The van der Waals surface area contributed by atoms with Gasteiger partial charge in [-0.25, -0.2) is 0 Å². The van der Waals surface area contributed by atoms with Crippen LogP contribution in [0, 0.1) is 5.92 Å². The van der Waals surface area contributed by atoms with Crippen molar-refractivity contribution in [1.82, 2.24) is 5.32 Å². The number of rotatable bonds is 0. The van der Waals surface area contributed by atoms with Crippen LogP contribution in [0.5, 0.6) is 0 Å². The average Bonchev–Trinajstić information content (AvgIpc) is 2.22. The number of allylic oxidation sites excluding steroid dienone is 3. The smallest absolute Gasteiger partial charge is 0.0575 e. The minimum absolute atomic E-state index is 0.0251. The summed E-state index contributed by atoms with van der Waals surface area (Å²) in [4.78, 5) is 0. The van der Waals surface area contributed by atoms with Crippen molar-refractivity contribution in [2.45, 2.75) is 26.3 Å². The first kappa shape index (κ1) is 9.32. The van der Waals surface area contributed by atoms with E-state index in [2.05, 4.69) is 57.0 Å². The third-order valence-corrected chi connectivity index (χ3v) is 2.88. The standard InChI is InChI=1S/C13H17N/c1-9-5-7-11-10(2)14-13(3,4)12(11)8-6-9/h5-9,14H,2H2,1,3-4H3. The molecule has 0 radical (unpaired) electrons. The van der Waals surface area contributed by atoms with Gasteiger partial charge < -0.3 is 5.32 Å². The molecular formula is C13H17N. The van der Waals surface area contributed by atoms with Crippen LogP contribution in [-0.4, -0.2) is 5.54 Å². The fraction of sp³-hybridized carbons (Fsp3) is 0.385. The maximum Gasteiger partial charge on any atom is 0.0575 e. The summed E-state index contributed by atoms with van der Waals surface area (Å²) in [5, 5.41) is 3.41. The van der Waals surface area contributed by atoms with Crippen molar-refractivity contribution in [2.75, 3.05) is 0 Å². The van der Waals surface area contributed by atoms with Gasteiger partial charge in [0.15, 0.2) is 0 Å². The van der Waals surface area contributed by atoms with Gasteiger partial charge in [0.2, 0.25) is 0 Å². The Bertz CT molecular complexity index is 367. The molecule has 1 N–H and O–H groups in total. The molecule has 1 aliphatic carbocycles. The second-order valence-corrected chi connectivity index (χ2v) is 4.63. The summed E-state index contributed by atoms with van der Waals surface area (Å²) < 4.78 is 0. The second kappa shape index (κ2) is 2.88. The lowest BCUT2D eigenvalue weighted by atomic mass is 9.94. The molecule has 1 atom stereocenters. The van der Waals surface area contributed by atoms with E-state index in [1.807, 2.05) is 0 Å². The lowest BCUT2D eigenvalue weighted by molar-refractivity contribution is 0.543. The molecule has 1 unspecified atom stereocenters. The van der Waals surface area contributed by atoms with Gasteiger partial charge in [-0.2, -0.15) is 0 Å². The molecule has 0 aromatic heterocycles. The Morgan fingerprint density at radius 2 is 1.93 bits per heavy atom. The van der Waals surface area contributed by atoms with Crippen molar-refractivity contribution in [1.29, 1.82) is 0 Å². The summed E-state index contributed by atoms with van der Waals surface area (Å²) in [5.74, 6) is 0.518. The topological polar surface area (TPSA) is 12.0 Å². The molecule has 1 heteroatoms. The highest BCUT2D eigenvalue weighted by Gasteiger charge is 2.32. The highest BCUT2D eigenvalue weighted by molar-refractivity contribution is 5.56. The lowest BCUT2D eigenvalue weighted by Crippen LogP contribution is -2.34. The first-order chi connectivity index (χ1) is 6.50. The molecule has 1 nitrogen and oxygen atoms in total. The van der Waals surface area contributed by atoms with E-state index in [0.717, 1.165) is 5.70 Å². The van der Waals surface area contributed by atoms with E-state index in [4.69, 9.17) is 0 Å². The number of nitrogens with one attached hydrogen (secondary N) is 1. The van der Waals surface area contributed by atoms with Crippen LogP contribution >= 0.6 is 0 Å². The zero-order valence-electron chi connectivity index (χ0n) is 9.09. The van der Waals surface area contributed by atoms with E-state index in [0.29, 0.717) is 5.92 Å². The summed E-state index contributed by atoms with van der Waals surface area (Å²) in [6.45, 7) is 10.6. The molecule has 14 heavy (non-hydrogen) atoms. The van der Waals surface area contributed by atoms with Crippen LogP contribution in [0.15, 0.2) is 47.7 Å². The third kappa shape index (κ3) is 1.33. The van der Waals surface area contributed by atoms with Gasteiger partial charge in [-0.15, -0.1) is 0 Å². The zero-order chi connectivity index (χ0) is 10.3. The van der Waals surface area contributed by atoms with Crippen molar-refractivity contribution >= 4 is 0 Å².